The van der Waals surface area contributed by atoms with E-state index in [1.165, 1.54) is 19.3 Å². The number of anilines is 1. The number of aromatic nitrogens is 3. The van der Waals surface area contributed by atoms with Crippen molar-refractivity contribution in [2.75, 3.05) is 44.2 Å². The van der Waals surface area contributed by atoms with Gasteiger partial charge in [0, 0.05) is 69.2 Å². The van der Waals surface area contributed by atoms with Gasteiger partial charge in [-0.3, -0.25) is 9.69 Å². The fourth-order valence-corrected chi connectivity index (χ4v) is 5.38. The van der Waals surface area contributed by atoms with Gasteiger partial charge in [-0.25, -0.2) is 15.0 Å². The molecule has 0 spiro atoms. The highest BCUT2D eigenvalue weighted by atomic mass is 16.3. The van der Waals surface area contributed by atoms with Crippen molar-refractivity contribution in [1.29, 1.82) is 0 Å². The topological polar surface area (TPSA) is 78.6 Å². The summed E-state index contributed by atoms with van der Waals surface area (Å²) in [5.74, 6) is 2.16. The first-order valence-corrected chi connectivity index (χ1v) is 12.2. The van der Waals surface area contributed by atoms with Crippen molar-refractivity contribution in [2.24, 2.45) is 0 Å². The average molecular weight is 447 g/mol. The van der Waals surface area contributed by atoms with Crippen molar-refractivity contribution in [1.82, 2.24) is 24.8 Å². The molecule has 0 atom stereocenters. The molecule has 4 heterocycles. The minimum Gasteiger partial charge on any atom is -0.440 e. The molecular weight excluding hydrogens is 416 g/mol. The molecule has 0 radical (unpaired) electrons. The van der Waals surface area contributed by atoms with E-state index in [9.17, 15) is 4.79 Å². The van der Waals surface area contributed by atoms with Crippen LogP contribution in [0, 0.1) is 0 Å². The predicted molar refractivity (Wildman–Crippen MR) is 125 cm³/mol. The number of fused-ring (bicyclic) bond motifs is 1. The smallest absolute Gasteiger partial charge is 0.254 e. The van der Waals surface area contributed by atoms with Crippen LogP contribution in [0.5, 0.6) is 0 Å². The summed E-state index contributed by atoms with van der Waals surface area (Å²) in [5, 5.41) is 0. The molecule has 1 amide bonds. The van der Waals surface area contributed by atoms with Crippen LogP contribution < -0.4 is 4.90 Å². The van der Waals surface area contributed by atoms with Gasteiger partial charge in [-0.2, -0.15) is 0 Å². The molecule has 6 rings (SSSR count). The fourth-order valence-electron chi connectivity index (χ4n) is 5.38. The van der Waals surface area contributed by atoms with Crippen molar-refractivity contribution >= 4 is 23.0 Å². The second kappa shape index (κ2) is 8.74. The molecule has 8 heteroatoms. The zero-order chi connectivity index (χ0) is 22.2. The summed E-state index contributed by atoms with van der Waals surface area (Å²) in [6.45, 7) is 5.34. The van der Waals surface area contributed by atoms with Crippen LogP contribution in [-0.4, -0.2) is 76.0 Å². The van der Waals surface area contributed by atoms with E-state index in [2.05, 4.69) is 19.8 Å². The standard InChI is InChI=1S/C25H30N6O2/c32-24(19-7-8-21-22(15-19)33-23(28-21)18-5-2-1-3-6-18)31-16-20(17-31)29-11-13-30(14-12-29)25-26-9-4-10-27-25/h4,7-10,15,18,20H,1-3,5-6,11-14,16-17H2. The Kier molecular flexibility index (Phi) is 5.46. The van der Waals surface area contributed by atoms with Crippen LogP contribution in [0.2, 0.25) is 0 Å². The monoisotopic (exact) mass is 446 g/mol. The highest BCUT2D eigenvalue weighted by molar-refractivity contribution is 5.97. The number of likely N-dealkylation sites (tertiary alicyclic amines) is 1. The summed E-state index contributed by atoms with van der Waals surface area (Å²) >= 11 is 0. The number of amides is 1. The summed E-state index contributed by atoms with van der Waals surface area (Å²) in [4.78, 5) is 33.1. The average Bonchev–Trinajstić information content (AvgIpc) is 3.28. The third-order valence-corrected chi connectivity index (χ3v) is 7.42. The normalized spacial score (nSPS) is 20.8. The number of piperazine rings is 1. The number of carbonyl (C=O) groups is 1. The van der Waals surface area contributed by atoms with Crippen LogP contribution in [0.3, 0.4) is 0 Å². The molecule has 33 heavy (non-hydrogen) atoms. The lowest BCUT2D eigenvalue weighted by atomic mass is 9.89. The first-order valence-electron chi connectivity index (χ1n) is 12.2. The molecule has 1 aliphatic carbocycles. The lowest BCUT2D eigenvalue weighted by Gasteiger charge is -2.48. The summed E-state index contributed by atoms with van der Waals surface area (Å²) < 4.78 is 6.09. The Morgan fingerprint density at radius 2 is 1.73 bits per heavy atom. The number of hydrogen-bond acceptors (Lipinski definition) is 7. The molecule has 0 unspecified atom stereocenters. The maximum absolute atomic E-state index is 13.1. The van der Waals surface area contributed by atoms with Crippen LogP contribution in [0.1, 0.15) is 54.3 Å². The molecule has 2 aromatic heterocycles. The van der Waals surface area contributed by atoms with Crippen molar-refractivity contribution in [3.8, 4) is 0 Å². The number of nitrogens with zero attached hydrogens (tertiary/aromatic N) is 6. The van der Waals surface area contributed by atoms with Gasteiger partial charge in [0.1, 0.15) is 5.52 Å². The van der Waals surface area contributed by atoms with Gasteiger partial charge >= 0.3 is 0 Å². The number of rotatable bonds is 4. The lowest BCUT2D eigenvalue weighted by Crippen LogP contribution is -2.64. The van der Waals surface area contributed by atoms with Gasteiger partial charge in [-0.15, -0.1) is 0 Å². The van der Waals surface area contributed by atoms with Crippen molar-refractivity contribution in [3.63, 3.8) is 0 Å². The Hall–Kier alpha value is -3.00. The first-order chi connectivity index (χ1) is 16.2. The van der Waals surface area contributed by atoms with Gasteiger partial charge in [-0.1, -0.05) is 19.3 Å². The van der Waals surface area contributed by atoms with Crippen LogP contribution in [0.15, 0.2) is 41.1 Å². The zero-order valence-corrected chi connectivity index (χ0v) is 18.9. The minimum atomic E-state index is 0.0834. The molecule has 1 aromatic carbocycles. The predicted octanol–water partition coefficient (Wildman–Crippen LogP) is 3.31. The molecule has 0 N–H and O–H groups in total. The van der Waals surface area contributed by atoms with Gasteiger partial charge in [0.15, 0.2) is 11.5 Å². The van der Waals surface area contributed by atoms with Crippen molar-refractivity contribution < 1.29 is 9.21 Å². The quantitative estimate of drug-likeness (QED) is 0.608. The van der Waals surface area contributed by atoms with Crippen LogP contribution in [0.25, 0.3) is 11.1 Å². The molecule has 8 nitrogen and oxygen atoms in total. The fraction of sp³-hybridized carbons (Fsp3) is 0.520. The lowest BCUT2D eigenvalue weighted by molar-refractivity contribution is 0.0246. The Labute approximate surface area is 193 Å². The highest BCUT2D eigenvalue weighted by Gasteiger charge is 2.36. The molecule has 1 saturated carbocycles. The Morgan fingerprint density at radius 1 is 0.970 bits per heavy atom. The summed E-state index contributed by atoms with van der Waals surface area (Å²) in [6.07, 6.45) is 9.69. The van der Waals surface area contributed by atoms with Crippen LogP contribution in [-0.2, 0) is 0 Å². The van der Waals surface area contributed by atoms with Gasteiger partial charge in [0.25, 0.3) is 5.91 Å². The second-order valence-corrected chi connectivity index (χ2v) is 9.51. The van der Waals surface area contributed by atoms with E-state index in [0.29, 0.717) is 17.5 Å². The molecule has 3 fully saturated rings. The Bertz CT molecular complexity index is 1110. The molecule has 172 valence electrons. The minimum absolute atomic E-state index is 0.0834. The molecule has 2 aliphatic heterocycles. The molecule has 2 saturated heterocycles. The number of benzene rings is 1. The molecule has 3 aromatic rings. The van der Waals surface area contributed by atoms with Gasteiger partial charge in [-0.05, 0) is 37.1 Å². The molecule has 3 aliphatic rings. The number of carbonyl (C=O) groups excluding carboxylic acids is 1. The SMILES string of the molecule is O=C(c1ccc2nc(C3CCCCC3)oc2c1)N1CC(N2CCN(c3ncccn3)CC2)C1. The number of oxazole rings is 1. The van der Waals surface area contributed by atoms with Crippen molar-refractivity contribution in [2.45, 2.75) is 44.1 Å². The van der Waals surface area contributed by atoms with E-state index in [4.69, 9.17) is 9.40 Å². The van der Waals surface area contributed by atoms with E-state index < -0.39 is 0 Å². The maximum atomic E-state index is 13.1. The van der Waals surface area contributed by atoms with Crippen LogP contribution in [0.4, 0.5) is 5.95 Å². The van der Waals surface area contributed by atoms with Crippen molar-refractivity contribution in [3.05, 3.63) is 48.1 Å². The maximum Gasteiger partial charge on any atom is 0.254 e. The van der Waals surface area contributed by atoms with E-state index in [0.717, 1.165) is 75.0 Å². The molecule has 0 bridgehead atoms. The van der Waals surface area contributed by atoms with E-state index in [1.54, 1.807) is 12.4 Å². The number of hydrogen-bond donors (Lipinski definition) is 0. The Morgan fingerprint density at radius 3 is 2.48 bits per heavy atom. The largest absolute Gasteiger partial charge is 0.440 e. The highest BCUT2D eigenvalue weighted by Crippen LogP contribution is 2.34. The molecular formula is C25H30N6O2. The van der Waals surface area contributed by atoms with E-state index >= 15 is 0 Å². The summed E-state index contributed by atoms with van der Waals surface area (Å²) in [5.41, 5.74) is 2.28. The third-order valence-electron chi connectivity index (χ3n) is 7.42. The van der Waals surface area contributed by atoms with E-state index in [-0.39, 0.29) is 5.91 Å². The Balaban J connectivity index is 1.05. The summed E-state index contributed by atoms with van der Waals surface area (Å²) in [7, 11) is 0. The summed E-state index contributed by atoms with van der Waals surface area (Å²) in [6, 6.07) is 7.97. The van der Waals surface area contributed by atoms with Gasteiger partial charge < -0.3 is 14.2 Å². The zero-order valence-electron chi connectivity index (χ0n) is 18.9. The van der Waals surface area contributed by atoms with Gasteiger partial charge in [0.05, 0.1) is 0 Å². The first kappa shape index (κ1) is 20.6. The second-order valence-electron chi connectivity index (χ2n) is 9.51. The van der Waals surface area contributed by atoms with Crippen LogP contribution >= 0.6 is 0 Å². The third kappa shape index (κ3) is 4.08. The van der Waals surface area contributed by atoms with E-state index in [1.807, 2.05) is 29.2 Å². The van der Waals surface area contributed by atoms with Gasteiger partial charge in [0.2, 0.25) is 5.95 Å².